The molecule has 0 amide bonds. The maximum atomic E-state index is 10.4. The molecule has 0 aliphatic heterocycles. The first-order valence-corrected chi connectivity index (χ1v) is 7.84. The van der Waals surface area contributed by atoms with Crippen molar-refractivity contribution in [2.75, 3.05) is 13.7 Å². The lowest BCUT2D eigenvalue weighted by Crippen LogP contribution is -2.32. The molecule has 0 bridgehead atoms. The minimum absolute atomic E-state index is 0.0370. The smallest absolute Gasteiger partial charge is 0.119 e. The molecule has 2 N–H and O–H groups in total. The van der Waals surface area contributed by atoms with Gasteiger partial charge in [0.25, 0.3) is 0 Å². The number of ether oxygens (including phenoxy) is 1. The highest BCUT2D eigenvalue weighted by molar-refractivity contribution is 6.30. The Balaban J connectivity index is 1.67. The maximum absolute atomic E-state index is 10.4. The number of benzene rings is 2. The lowest BCUT2D eigenvalue weighted by atomic mass is 10.0. The van der Waals surface area contributed by atoms with Crippen LogP contribution in [-0.2, 0) is 5.54 Å². The molecular weight excluding hydrogens is 298 g/mol. The van der Waals surface area contributed by atoms with Gasteiger partial charge in [0.1, 0.15) is 5.75 Å². The highest BCUT2D eigenvalue weighted by Gasteiger charge is 2.44. The van der Waals surface area contributed by atoms with Crippen molar-refractivity contribution in [3.05, 3.63) is 64.7 Å². The Hall–Kier alpha value is -1.55. The summed E-state index contributed by atoms with van der Waals surface area (Å²) in [6.45, 7) is 0.500. The van der Waals surface area contributed by atoms with Gasteiger partial charge in [0.15, 0.2) is 0 Å². The Morgan fingerprint density at radius 1 is 1.23 bits per heavy atom. The Labute approximate surface area is 135 Å². The molecule has 3 nitrogen and oxygen atoms in total. The highest BCUT2D eigenvalue weighted by atomic mass is 35.5. The van der Waals surface area contributed by atoms with E-state index in [4.69, 9.17) is 16.3 Å². The molecule has 116 valence electrons. The summed E-state index contributed by atoms with van der Waals surface area (Å²) in [6, 6.07) is 15.5. The molecule has 0 radical (unpaired) electrons. The minimum atomic E-state index is -0.563. The molecule has 1 unspecified atom stereocenters. The zero-order chi connectivity index (χ0) is 15.6. The van der Waals surface area contributed by atoms with Crippen molar-refractivity contribution < 1.29 is 9.84 Å². The van der Waals surface area contributed by atoms with Gasteiger partial charge >= 0.3 is 0 Å². The molecule has 0 saturated heterocycles. The van der Waals surface area contributed by atoms with Crippen LogP contribution in [0.4, 0.5) is 0 Å². The quantitative estimate of drug-likeness (QED) is 0.854. The summed E-state index contributed by atoms with van der Waals surface area (Å²) in [5.74, 6) is 0.757. The zero-order valence-electron chi connectivity index (χ0n) is 12.6. The molecule has 1 fully saturated rings. The van der Waals surface area contributed by atoms with Crippen LogP contribution in [0.15, 0.2) is 48.5 Å². The summed E-state index contributed by atoms with van der Waals surface area (Å²) in [5.41, 5.74) is 2.01. The van der Waals surface area contributed by atoms with Gasteiger partial charge in [-0.1, -0.05) is 35.9 Å². The Kier molecular flexibility index (Phi) is 4.39. The number of nitrogens with one attached hydrogen (secondary N) is 1. The van der Waals surface area contributed by atoms with E-state index < -0.39 is 6.10 Å². The fourth-order valence-electron chi connectivity index (χ4n) is 2.74. The van der Waals surface area contributed by atoms with Crippen LogP contribution in [0.3, 0.4) is 0 Å². The lowest BCUT2D eigenvalue weighted by molar-refractivity contribution is 0.167. The van der Waals surface area contributed by atoms with Crippen molar-refractivity contribution in [3.63, 3.8) is 0 Å². The molecule has 1 aliphatic carbocycles. The van der Waals surface area contributed by atoms with Crippen molar-refractivity contribution in [1.29, 1.82) is 0 Å². The van der Waals surface area contributed by atoms with E-state index in [1.165, 1.54) is 5.56 Å². The largest absolute Gasteiger partial charge is 0.497 e. The van der Waals surface area contributed by atoms with Crippen LogP contribution in [0.2, 0.25) is 5.02 Å². The van der Waals surface area contributed by atoms with Gasteiger partial charge in [0.2, 0.25) is 0 Å². The number of halogens is 1. The van der Waals surface area contributed by atoms with Crippen molar-refractivity contribution >= 4 is 11.6 Å². The van der Waals surface area contributed by atoms with Gasteiger partial charge in [-0.2, -0.15) is 0 Å². The molecular formula is C18H20ClNO2. The summed E-state index contributed by atoms with van der Waals surface area (Å²) in [4.78, 5) is 0. The number of hydrogen-bond donors (Lipinski definition) is 2. The van der Waals surface area contributed by atoms with E-state index in [0.29, 0.717) is 6.54 Å². The van der Waals surface area contributed by atoms with E-state index in [2.05, 4.69) is 11.4 Å². The number of methoxy groups -OCH3 is 1. The second kappa shape index (κ2) is 6.29. The van der Waals surface area contributed by atoms with Crippen molar-refractivity contribution in [1.82, 2.24) is 5.32 Å². The minimum Gasteiger partial charge on any atom is -0.497 e. The van der Waals surface area contributed by atoms with Crippen molar-refractivity contribution in [3.8, 4) is 5.75 Å². The molecule has 0 spiro atoms. The molecule has 0 aromatic heterocycles. The van der Waals surface area contributed by atoms with Crippen LogP contribution in [0, 0.1) is 0 Å². The van der Waals surface area contributed by atoms with E-state index in [0.717, 1.165) is 29.2 Å². The first-order chi connectivity index (χ1) is 10.6. The average Bonchev–Trinajstić information content (AvgIpc) is 3.34. The van der Waals surface area contributed by atoms with Crippen LogP contribution >= 0.6 is 11.6 Å². The predicted molar refractivity (Wildman–Crippen MR) is 88.3 cm³/mol. The van der Waals surface area contributed by atoms with Crippen molar-refractivity contribution in [2.45, 2.75) is 24.5 Å². The molecule has 4 heteroatoms. The van der Waals surface area contributed by atoms with Gasteiger partial charge in [-0.15, -0.1) is 0 Å². The number of aliphatic hydroxyl groups is 1. The molecule has 2 aromatic rings. The van der Waals surface area contributed by atoms with Gasteiger partial charge in [-0.25, -0.2) is 0 Å². The fraction of sp³-hybridized carbons (Fsp3) is 0.333. The van der Waals surface area contributed by atoms with E-state index in [1.807, 2.05) is 42.5 Å². The van der Waals surface area contributed by atoms with Gasteiger partial charge in [-0.3, -0.25) is 0 Å². The third-order valence-corrected chi connectivity index (χ3v) is 4.47. The first-order valence-electron chi connectivity index (χ1n) is 7.46. The summed E-state index contributed by atoms with van der Waals surface area (Å²) >= 11 is 6.08. The van der Waals surface area contributed by atoms with Crippen molar-refractivity contribution in [2.24, 2.45) is 0 Å². The third kappa shape index (κ3) is 3.27. The van der Waals surface area contributed by atoms with Crippen LogP contribution in [0.5, 0.6) is 5.75 Å². The summed E-state index contributed by atoms with van der Waals surface area (Å²) in [5, 5.41) is 14.6. The molecule has 22 heavy (non-hydrogen) atoms. The second-order valence-corrected chi connectivity index (χ2v) is 6.20. The lowest BCUT2D eigenvalue weighted by Gasteiger charge is -2.21. The summed E-state index contributed by atoms with van der Waals surface area (Å²) < 4.78 is 5.20. The van der Waals surface area contributed by atoms with E-state index in [-0.39, 0.29) is 5.54 Å². The average molecular weight is 318 g/mol. The standard InChI is InChI=1S/C18H20ClNO2/c1-22-16-7-2-4-13(10-16)17(21)12-20-18(8-9-18)14-5-3-6-15(19)11-14/h2-7,10-11,17,20-21H,8-9,12H2,1H3. The number of rotatable bonds is 6. The molecule has 1 atom stereocenters. The van der Waals surface area contributed by atoms with Crippen LogP contribution in [0.25, 0.3) is 0 Å². The zero-order valence-corrected chi connectivity index (χ0v) is 13.3. The van der Waals surface area contributed by atoms with E-state index >= 15 is 0 Å². The predicted octanol–water partition coefficient (Wildman–Crippen LogP) is 3.66. The molecule has 1 saturated carbocycles. The topological polar surface area (TPSA) is 41.5 Å². The van der Waals surface area contributed by atoms with Gasteiger partial charge in [0.05, 0.1) is 13.2 Å². The maximum Gasteiger partial charge on any atom is 0.119 e. The fourth-order valence-corrected chi connectivity index (χ4v) is 2.93. The summed E-state index contributed by atoms with van der Waals surface area (Å²) in [7, 11) is 1.63. The normalized spacial score (nSPS) is 17.0. The van der Waals surface area contributed by atoms with Crippen LogP contribution < -0.4 is 10.1 Å². The molecule has 0 heterocycles. The second-order valence-electron chi connectivity index (χ2n) is 5.77. The molecule has 2 aromatic carbocycles. The highest BCUT2D eigenvalue weighted by Crippen LogP contribution is 2.46. The first kappa shape index (κ1) is 15.3. The summed E-state index contributed by atoms with van der Waals surface area (Å²) in [6.07, 6.45) is 1.57. The number of aliphatic hydroxyl groups excluding tert-OH is 1. The monoisotopic (exact) mass is 317 g/mol. The van der Waals surface area contributed by atoms with Gasteiger partial charge in [-0.05, 0) is 48.2 Å². The van der Waals surface area contributed by atoms with E-state index in [1.54, 1.807) is 7.11 Å². The number of hydrogen-bond acceptors (Lipinski definition) is 3. The van der Waals surface area contributed by atoms with Gasteiger partial charge in [0, 0.05) is 17.1 Å². The molecule has 1 aliphatic rings. The van der Waals surface area contributed by atoms with E-state index in [9.17, 15) is 5.11 Å². The van der Waals surface area contributed by atoms with Gasteiger partial charge < -0.3 is 15.2 Å². The van der Waals surface area contributed by atoms with Crippen LogP contribution in [0.1, 0.15) is 30.1 Å². The SMILES string of the molecule is COc1cccc(C(O)CNC2(c3cccc(Cl)c3)CC2)c1. The Morgan fingerprint density at radius 2 is 2.00 bits per heavy atom. The molecule has 3 rings (SSSR count). The Bertz CT molecular complexity index is 655. The third-order valence-electron chi connectivity index (χ3n) is 4.24. The van der Waals surface area contributed by atoms with Crippen LogP contribution in [-0.4, -0.2) is 18.8 Å². The Morgan fingerprint density at radius 3 is 2.68 bits per heavy atom.